The van der Waals surface area contributed by atoms with Gasteiger partial charge in [0, 0.05) is 0 Å². The van der Waals surface area contributed by atoms with Crippen molar-refractivity contribution in [3.63, 3.8) is 0 Å². The van der Waals surface area contributed by atoms with E-state index in [1.165, 1.54) is 65.2 Å². The van der Waals surface area contributed by atoms with Crippen molar-refractivity contribution >= 4 is 5.78 Å². The van der Waals surface area contributed by atoms with E-state index < -0.39 is 0 Å². The highest BCUT2D eigenvalue weighted by molar-refractivity contribution is 5.72. The van der Waals surface area contributed by atoms with E-state index in [0.717, 1.165) is 29.6 Å². The van der Waals surface area contributed by atoms with Gasteiger partial charge in [-0.1, -0.05) is 53.9 Å². The van der Waals surface area contributed by atoms with Gasteiger partial charge in [0.2, 0.25) is 0 Å². The van der Waals surface area contributed by atoms with E-state index in [9.17, 15) is 4.79 Å². The van der Waals surface area contributed by atoms with Gasteiger partial charge < -0.3 is 4.79 Å². The number of Topliss-reactive ketones (excluding diaryl/α,β-unsaturated/α-hetero) is 1. The molecule has 0 spiro atoms. The smallest absolute Gasteiger partial charge is 0.126 e. The average molecular weight is 335 g/mol. The molecule has 1 heteroatoms. The summed E-state index contributed by atoms with van der Waals surface area (Å²) in [5.74, 6) is 5.09. The van der Waals surface area contributed by atoms with Crippen LogP contribution in [-0.4, -0.2) is 5.78 Å². The Morgan fingerprint density at radius 3 is 2.04 bits per heavy atom. The van der Waals surface area contributed by atoms with Crippen molar-refractivity contribution in [2.45, 2.75) is 99.8 Å². The molecule has 6 atom stereocenters. The molecule has 0 aromatic heterocycles. The number of ketones is 1. The molecule has 0 aromatic carbocycles. The molecule has 0 radical (unpaired) electrons. The zero-order valence-corrected chi connectivity index (χ0v) is 17.5. The third-order valence-corrected chi connectivity index (χ3v) is 8.22. The van der Waals surface area contributed by atoms with E-state index in [2.05, 4.69) is 34.6 Å². The van der Waals surface area contributed by atoms with Crippen molar-refractivity contribution in [3.8, 4) is 0 Å². The quantitative estimate of drug-likeness (QED) is 0.471. The summed E-state index contributed by atoms with van der Waals surface area (Å²) in [6.07, 6.45) is 12.0. The molecule has 3 aliphatic carbocycles. The number of hydrogen-bond acceptors (Lipinski definition) is 1. The maximum atomic E-state index is 9.44. The minimum atomic E-state index is 0.167. The topological polar surface area (TPSA) is 17.1 Å². The van der Waals surface area contributed by atoms with Gasteiger partial charge in [-0.2, -0.15) is 0 Å². The molecule has 3 saturated carbocycles. The predicted octanol–water partition coefficient (Wildman–Crippen LogP) is 6.90. The summed E-state index contributed by atoms with van der Waals surface area (Å²) in [6, 6.07) is 0. The largest absolute Gasteiger partial charge is 0.300 e. The van der Waals surface area contributed by atoms with Gasteiger partial charge in [0.1, 0.15) is 5.78 Å². The van der Waals surface area contributed by atoms with Crippen molar-refractivity contribution in [1.29, 1.82) is 0 Å². The summed E-state index contributed by atoms with van der Waals surface area (Å²) in [6.45, 7) is 16.0. The van der Waals surface area contributed by atoms with Gasteiger partial charge in [-0.15, -0.1) is 0 Å². The van der Waals surface area contributed by atoms with Gasteiger partial charge in [-0.05, 0) is 86.4 Å². The van der Waals surface area contributed by atoms with Gasteiger partial charge >= 0.3 is 0 Å². The molecule has 0 unspecified atom stereocenters. The first-order valence-corrected chi connectivity index (χ1v) is 10.5. The van der Waals surface area contributed by atoms with Gasteiger partial charge in [0.05, 0.1) is 0 Å². The van der Waals surface area contributed by atoms with E-state index in [4.69, 9.17) is 0 Å². The van der Waals surface area contributed by atoms with Crippen LogP contribution >= 0.6 is 0 Å². The van der Waals surface area contributed by atoms with Crippen LogP contribution < -0.4 is 0 Å². The Hall–Kier alpha value is -0.330. The first-order chi connectivity index (χ1) is 11.1. The summed E-state index contributed by atoms with van der Waals surface area (Å²) >= 11 is 0. The summed E-state index contributed by atoms with van der Waals surface area (Å²) in [5.41, 5.74) is 1.26. The molecule has 3 aliphatic rings. The number of carbonyl (C=O) groups excluding carboxylic acids is 1. The fourth-order valence-corrected chi connectivity index (χ4v) is 6.67. The molecule has 0 N–H and O–H groups in total. The highest BCUT2D eigenvalue weighted by Crippen LogP contribution is 2.60. The van der Waals surface area contributed by atoms with Gasteiger partial charge in [0.15, 0.2) is 0 Å². The van der Waals surface area contributed by atoms with Crippen LogP contribution in [0, 0.1) is 40.4 Å². The molecule has 3 fully saturated rings. The van der Waals surface area contributed by atoms with Gasteiger partial charge in [0.25, 0.3) is 0 Å². The molecule has 0 saturated heterocycles. The Balaban J connectivity index is 0.000000471. The molecule has 24 heavy (non-hydrogen) atoms. The van der Waals surface area contributed by atoms with E-state index >= 15 is 0 Å². The zero-order valence-electron chi connectivity index (χ0n) is 17.5. The number of fused-ring (bicyclic) bond motifs is 3. The predicted molar refractivity (Wildman–Crippen MR) is 104 cm³/mol. The minimum Gasteiger partial charge on any atom is -0.300 e. The van der Waals surface area contributed by atoms with E-state index in [0.29, 0.717) is 10.8 Å². The fourth-order valence-electron chi connectivity index (χ4n) is 6.67. The Labute approximate surface area is 151 Å². The van der Waals surface area contributed by atoms with Crippen LogP contribution in [0.25, 0.3) is 0 Å². The number of carbonyl (C=O) groups is 1. The summed E-state index contributed by atoms with van der Waals surface area (Å²) in [4.78, 5) is 9.44. The average Bonchev–Trinajstić information content (AvgIpc) is 2.43. The first-order valence-electron chi connectivity index (χ1n) is 10.5. The zero-order chi connectivity index (χ0) is 18.1. The van der Waals surface area contributed by atoms with Gasteiger partial charge in [-0.3, -0.25) is 0 Å². The number of rotatable bonds is 0. The van der Waals surface area contributed by atoms with E-state index in [-0.39, 0.29) is 5.78 Å². The normalized spacial score (nSPS) is 44.2. The molecule has 0 heterocycles. The van der Waals surface area contributed by atoms with Gasteiger partial charge in [-0.25, -0.2) is 0 Å². The molecular weight excluding hydrogens is 292 g/mol. The van der Waals surface area contributed by atoms with Crippen LogP contribution in [-0.2, 0) is 4.79 Å². The molecule has 0 aliphatic heterocycles. The van der Waals surface area contributed by atoms with E-state index in [1.54, 1.807) is 0 Å². The Kier molecular flexibility index (Phi) is 6.25. The summed E-state index contributed by atoms with van der Waals surface area (Å²) in [7, 11) is 0. The van der Waals surface area contributed by atoms with Crippen LogP contribution in [0.4, 0.5) is 0 Å². The minimum absolute atomic E-state index is 0.167. The molecule has 1 nitrogen and oxygen atoms in total. The standard InChI is InChI=1S/C20H36.C3H6O/c1-14-7-6-11-20(5)12-10-17-15(2)8-9-16(13-18(14)20)19(17,3)4;1-3(2)4/h14-18H,6-13H2,1-5H3;1-2H3/t14-,15-,16+,17+,18-,20+;/m1./s1. The maximum absolute atomic E-state index is 9.44. The lowest BCUT2D eigenvalue weighted by Crippen LogP contribution is -2.48. The first kappa shape index (κ1) is 20.0. The SMILES string of the molecule is CC(C)=O.C[C@@H]1CCC[C@@]2(C)CC[C@H]3[C@H](C)CC[C@@H](C[C@H]12)C3(C)C. The Morgan fingerprint density at radius 2 is 1.42 bits per heavy atom. The lowest BCUT2D eigenvalue weighted by Gasteiger charge is -2.57. The molecular formula is C23H42O. The molecule has 2 bridgehead atoms. The molecule has 3 rings (SSSR count). The van der Waals surface area contributed by atoms with Crippen molar-refractivity contribution in [1.82, 2.24) is 0 Å². The van der Waals surface area contributed by atoms with Crippen LogP contribution in [0.1, 0.15) is 99.8 Å². The Morgan fingerprint density at radius 1 is 0.833 bits per heavy atom. The fraction of sp³-hybridized carbons (Fsp3) is 0.957. The third-order valence-electron chi connectivity index (χ3n) is 8.22. The highest BCUT2D eigenvalue weighted by atomic mass is 16.1. The molecule has 0 amide bonds. The van der Waals surface area contributed by atoms with Crippen molar-refractivity contribution in [2.75, 3.05) is 0 Å². The molecule has 0 aromatic rings. The van der Waals surface area contributed by atoms with Crippen LogP contribution in [0.5, 0.6) is 0 Å². The molecule has 140 valence electrons. The second-order valence-corrected chi connectivity index (χ2v) is 10.5. The second-order valence-electron chi connectivity index (χ2n) is 10.5. The van der Waals surface area contributed by atoms with Crippen molar-refractivity contribution in [3.05, 3.63) is 0 Å². The van der Waals surface area contributed by atoms with Crippen molar-refractivity contribution < 1.29 is 4.79 Å². The second kappa shape index (κ2) is 7.50. The summed E-state index contributed by atoms with van der Waals surface area (Å²) < 4.78 is 0. The van der Waals surface area contributed by atoms with Crippen LogP contribution in [0.15, 0.2) is 0 Å². The Bertz CT molecular complexity index is 433. The third kappa shape index (κ3) is 4.07. The monoisotopic (exact) mass is 334 g/mol. The lowest BCUT2D eigenvalue weighted by molar-refractivity contribution is -0.114. The van der Waals surface area contributed by atoms with Crippen LogP contribution in [0.2, 0.25) is 0 Å². The van der Waals surface area contributed by atoms with Crippen LogP contribution in [0.3, 0.4) is 0 Å². The van der Waals surface area contributed by atoms with E-state index in [1.807, 2.05) is 0 Å². The summed E-state index contributed by atoms with van der Waals surface area (Å²) in [5, 5.41) is 0. The highest BCUT2D eigenvalue weighted by Gasteiger charge is 2.50. The lowest BCUT2D eigenvalue weighted by atomic mass is 9.48. The van der Waals surface area contributed by atoms with Crippen molar-refractivity contribution in [2.24, 2.45) is 40.4 Å². The number of hydrogen-bond donors (Lipinski definition) is 0. The maximum Gasteiger partial charge on any atom is 0.126 e.